The molecular formula is C16H22N2O3. The quantitative estimate of drug-likeness (QED) is 0.875. The second kappa shape index (κ2) is 6.16. The second-order valence-electron chi connectivity index (χ2n) is 5.75. The number of amides is 2. The van der Waals surface area contributed by atoms with Gasteiger partial charge in [-0.3, -0.25) is 4.90 Å². The Morgan fingerprint density at radius 2 is 2.00 bits per heavy atom. The van der Waals surface area contributed by atoms with E-state index in [0.29, 0.717) is 12.2 Å². The lowest BCUT2D eigenvalue weighted by molar-refractivity contribution is 0.0697. The first-order valence-electron chi connectivity index (χ1n) is 7.33. The van der Waals surface area contributed by atoms with Crippen LogP contribution in [0.1, 0.15) is 43.0 Å². The minimum atomic E-state index is -1.03. The molecule has 2 amide bonds. The summed E-state index contributed by atoms with van der Waals surface area (Å²) in [5, 5.41) is 12.1. The van der Waals surface area contributed by atoms with Crippen molar-refractivity contribution >= 4 is 17.7 Å². The summed E-state index contributed by atoms with van der Waals surface area (Å²) < 4.78 is 0. The molecule has 1 aliphatic carbocycles. The Morgan fingerprint density at radius 1 is 1.33 bits per heavy atom. The lowest BCUT2D eigenvalue weighted by Crippen LogP contribution is -2.46. The molecule has 21 heavy (non-hydrogen) atoms. The third-order valence-corrected chi connectivity index (χ3v) is 4.58. The first-order valence-corrected chi connectivity index (χ1v) is 7.33. The number of hydrogen-bond donors (Lipinski definition) is 2. The predicted octanol–water partition coefficient (Wildman–Crippen LogP) is 3.11. The summed E-state index contributed by atoms with van der Waals surface area (Å²) in [7, 11) is 1.59. The zero-order valence-electron chi connectivity index (χ0n) is 12.6. The smallest absolute Gasteiger partial charge is 0.337 e. The fraction of sp³-hybridized carbons (Fsp3) is 0.500. The van der Waals surface area contributed by atoms with E-state index < -0.39 is 5.97 Å². The van der Waals surface area contributed by atoms with Crippen LogP contribution in [0, 0.1) is 5.41 Å². The van der Waals surface area contributed by atoms with E-state index in [1.165, 1.54) is 17.4 Å². The number of nitrogens with zero attached hydrogens (tertiary/aromatic N) is 1. The normalized spacial score (nSPS) is 15.9. The number of carbonyl (C=O) groups is 2. The summed E-state index contributed by atoms with van der Waals surface area (Å²) in [6.07, 6.45) is 4.59. The summed E-state index contributed by atoms with van der Waals surface area (Å²) in [6.45, 7) is 2.80. The monoisotopic (exact) mass is 290 g/mol. The summed E-state index contributed by atoms with van der Waals surface area (Å²) in [4.78, 5) is 24.8. The van der Waals surface area contributed by atoms with Crippen LogP contribution in [0.4, 0.5) is 10.5 Å². The van der Waals surface area contributed by atoms with Gasteiger partial charge in [0.2, 0.25) is 0 Å². The molecule has 0 radical (unpaired) electrons. The number of carboxylic acid groups (broad SMARTS) is 1. The van der Waals surface area contributed by atoms with Gasteiger partial charge >= 0.3 is 12.0 Å². The van der Waals surface area contributed by atoms with Gasteiger partial charge in [0.05, 0.1) is 11.3 Å². The number of anilines is 1. The first-order chi connectivity index (χ1) is 9.99. The van der Waals surface area contributed by atoms with Crippen molar-refractivity contribution in [2.24, 2.45) is 5.41 Å². The summed E-state index contributed by atoms with van der Waals surface area (Å²) in [5.74, 6) is -1.03. The van der Waals surface area contributed by atoms with Crippen LogP contribution < -0.4 is 10.2 Å². The minimum Gasteiger partial charge on any atom is -0.478 e. The highest BCUT2D eigenvalue weighted by Gasteiger charge is 2.35. The van der Waals surface area contributed by atoms with Crippen molar-refractivity contribution in [3.05, 3.63) is 29.8 Å². The van der Waals surface area contributed by atoms with Crippen molar-refractivity contribution in [2.75, 3.05) is 18.5 Å². The molecule has 1 aromatic rings. The average Bonchev–Trinajstić information content (AvgIpc) is 2.45. The second-order valence-corrected chi connectivity index (χ2v) is 5.75. The first kappa shape index (κ1) is 15.4. The Morgan fingerprint density at radius 3 is 2.52 bits per heavy atom. The topological polar surface area (TPSA) is 69.6 Å². The lowest BCUT2D eigenvalue weighted by Gasteiger charge is -2.41. The van der Waals surface area contributed by atoms with E-state index in [-0.39, 0.29) is 17.0 Å². The number of carboxylic acids is 1. The van der Waals surface area contributed by atoms with E-state index in [2.05, 4.69) is 12.2 Å². The number of hydrogen-bond acceptors (Lipinski definition) is 2. The maximum absolute atomic E-state index is 12.2. The molecule has 0 saturated heterocycles. The van der Waals surface area contributed by atoms with Crippen molar-refractivity contribution in [3.8, 4) is 0 Å². The molecule has 2 rings (SSSR count). The van der Waals surface area contributed by atoms with Crippen molar-refractivity contribution in [1.82, 2.24) is 5.32 Å². The number of para-hydroxylation sites is 1. The van der Waals surface area contributed by atoms with Gasteiger partial charge < -0.3 is 10.4 Å². The fourth-order valence-corrected chi connectivity index (χ4v) is 2.77. The molecule has 0 unspecified atom stereocenters. The van der Waals surface area contributed by atoms with E-state index in [1.807, 2.05) is 0 Å². The molecule has 1 saturated carbocycles. The van der Waals surface area contributed by atoms with E-state index >= 15 is 0 Å². The zero-order chi connectivity index (χ0) is 15.5. The van der Waals surface area contributed by atoms with Crippen LogP contribution in [0.15, 0.2) is 24.3 Å². The van der Waals surface area contributed by atoms with Crippen molar-refractivity contribution < 1.29 is 14.7 Å². The molecule has 5 nitrogen and oxygen atoms in total. The highest BCUT2D eigenvalue weighted by molar-refractivity contribution is 6.01. The van der Waals surface area contributed by atoms with E-state index in [0.717, 1.165) is 19.3 Å². The van der Waals surface area contributed by atoms with Gasteiger partial charge in [-0.05, 0) is 36.8 Å². The number of rotatable bonds is 5. The molecule has 1 aliphatic rings. The van der Waals surface area contributed by atoms with Gasteiger partial charge in [0.25, 0.3) is 0 Å². The largest absolute Gasteiger partial charge is 0.478 e. The van der Waals surface area contributed by atoms with Crippen molar-refractivity contribution in [2.45, 2.75) is 32.6 Å². The number of carbonyl (C=O) groups excluding carboxylic acids is 1. The molecule has 0 aromatic heterocycles. The van der Waals surface area contributed by atoms with Crippen LogP contribution in [0.25, 0.3) is 0 Å². The third-order valence-electron chi connectivity index (χ3n) is 4.58. The molecule has 0 heterocycles. The lowest BCUT2D eigenvalue weighted by atomic mass is 9.67. The van der Waals surface area contributed by atoms with E-state index in [1.54, 1.807) is 25.2 Å². The van der Waals surface area contributed by atoms with Crippen LogP contribution in [0.3, 0.4) is 0 Å². The van der Waals surface area contributed by atoms with Crippen LogP contribution in [0.2, 0.25) is 0 Å². The molecule has 1 aromatic carbocycles. The van der Waals surface area contributed by atoms with Crippen molar-refractivity contribution in [3.63, 3.8) is 0 Å². The number of benzene rings is 1. The third kappa shape index (κ3) is 3.17. The minimum absolute atomic E-state index is 0.129. The predicted molar refractivity (Wildman–Crippen MR) is 81.8 cm³/mol. The van der Waals surface area contributed by atoms with E-state index in [4.69, 9.17) is 0 Å². The molecule has 114 valence electrons. The molecule has 0 aliphatic heterocycles. The van der Waals surface area contributed by atoms with Crippen LogP contribution >= 0.6 is 0 Å². The molecule has 1 fully saturated rings. The van der Waals surface area contributed by atoms with Crippen LogP contribution in [0.5, 0.6) is 0 Å². The van der Waals surface area contributed by atoms with Gasteiger partial charge in [-0.15, -0.1) is 0 Å². The molecule has 0 atom stereocenters. The average molecular weight is 290 g/mol. The Bertz CT molecular complexity index is 533. The number of nitrogens with one attached hydrogen (secondary N) is 1. The van der Waals surface area contributed by atoms with Crippen LogP contribution in [-0.4, -0.2) is 30.7 Å². The van der Waals surface area contributed by atoms with Crippen molar-refractivity contribution in [1.29, 1.82) is 0 Å². The molecule has 5 heteroatoms. The van der Waals surface area contributed by atoms with Gasteiger partial charge in [-0.1, -0.05) is 25.5 Å². The summed E-state index contributed by atoms with van der Waals surface area (Å²) in [6, 6.07) is 6.26. The Kier molecular flexibility index (Phi) is 4.50. The molecular weight excluding hydrogens is 268 g/mol. The van der Waals surface area contributed by atoms with Gasteiger partial charge in [-0.2, -0.15) is 0 Å². The summed E-state index contributed by atoms with van der Waals surface area (Å²) in [5.41, 5.74) is 0.772. The number of urea groups is 1. The Hall–Kier alpha value is -2.04. The molecule has 0 spiro atoms. The fourth-order valence-electron chi connectivity index (χ4n) is 2.77. The molecule has 2 N–H and O–H groups in total. The highest BCUT2D eigenvalue weighted by atomic mass is 16.4. The standard InChI is InChI=1S/C16H22N2O3/c1-3-16(9-6-10-16)11-17-15(21)18(2)13-8-5-4-7-12(13)14(19)20/h4-5,7-8H,3,6,9-11H2,1-2H3,(H,17,21)(H,19,20). The van der Waals surface area contributed by atoms with Gasteiger partial charge in [-0.25, -0.2) is 9.59 Å². The molecule has 0 bridgehead atoms. The van der Waals surface area contributed by atoms with Gasteiger partial charge in [0.1, 0.15) is 0 Å². The SMILES string of the molecule is CCC1(CNC(=O)N(C)c2ccccc2C(=O)O)CCC1. The highest BCUT2D eigenvalue weighted by Crippen LogP contribution is 2.43. The Balaban J connectivity index is 2.04. The van der Waals surface area contributed by atoms with Gasteiger partial charge in [0, 0.05) is 13.6 Å². The maximum Gasteiger partial charge on any atom is 0.337 e. The van der Waals surface area contributed by atoms with Gasteiger partial charge in [0.15, 0.2) is 0 Å². The number of aromatic carboxylic acids is 1. The maximum atomic E-state index is 12.2. The van der Waals surface area contributed by atoms with E-state index in [9.17, 15) is 14.7 Å². The Labute approximate surface area is 125 Å². The van der Waals surface area contributed by atoms with Crippen LogP contribution in [-0.2, 0) is 0 Å². The zero-order valence-corrected chi connectivity index (χ0v) is 12.6. The summed E-state index contributed by atoms with van der Waals surface area (Å²) >= 11 is 0.